The summed E-state index contributed by atoms with van der Waals surface area (Å²) in [5.41, 5.74) is 0.890. The Morgan fingerprint density at radius 3 is 2.50 bits per heavy atom. The molecule has 0 bridgehead atoms. The SMILES string of the molecule is CCCOc1ccc(CBr)c(OCCCC(F)(F)F)c1. The second kappa shape index (κ2) is 8.39. The smallest absolute Gasteiger partial charge is 0.389 e. The van der Waals surface area contributed by atoms with E-state index in [1.165, 1.54) is 0 Å². The Morgan fingerprint density at radius 2 is 1.90 bits per heavy atom. The van der Waals surface area contributed by atoms with Gasteiger partial charge in [0.25, 0.3) is 0 Å². The number of halogens is 4. The number of hydrogen-bond donors (Lipinski definition) is 0. The minimum absolute atomic E-state index is 0.0384. The third-order valence-corrected chi connectivity index (χ3v) is 3.12. The average molecular weight is 355 g/mol. The van der Waals surface area contributed by atoms with Crippen molar-refractivity contribution in [3.05, 3.63) is 23.8 Å². The Balaban J connectivity index is 2.57. The van der Waals surface area contributed by atoms with Gasteiger partial charge >= 0.3 is 6.18 Å². The van der Waals surface area contributed by atoms with Gasteiger partial charge in [-0.25, -0.2) is 0 Å². The van der Waals surface area contributed by atoms with Crippen LogP contribution in [0.2, 0.25) is 0 Å². The van der Waals surface area contributed by atoms with Gasteiger partial charge in [0.2, 0.25) is 0 Å². The van der Waals surface area contributed by atoms with Crippen LogP contribution >= 0.6 is 15.9 Å². The molecule has 2 nitrogen and oxygen atoms in total. The molecule has 0 unspecified atom stereocenters. The first-order valence-corrected chi connectivity index (χ1v) is 7.59. The summed E-state index contributed by atoms with van der Waals surface area (Å²) in [6.07, 6.45) is -4.12. The summed E-state index contributed by atoms with van der Waals surface area (Å²) < 4.78 is 47.1. The van der Waals surface area contributed by atoms with E-state index >= 15 is 0 Å². The number of alkyl halides is 4. The van der Waals surface area contributed by atoms with Crippen LogP contribution in [0, 0.1) is 0 Å². The standard InChI is InChI=1S/C14H18BrF3O2/c1-2-7-19-12-5-4-11(10-15)13(9-12)20-8-3-6-14(16,17)18/h4-5,9H,2-3,6-8,10H2,1H3. The zero-order valence-electron chi connectivity index (χ0n) is 11.3. The summed E-state index contributed by atoms with van der Waals surface area (Å²) >= 11 is 3.33. The molecule has 0 aliphatic heterocycles. The van der Waals surface area contributed by atoms with E-state index in [0.717, 1.165) is 12.0 Å². The van der Waals surface area contributed by atoms with Gasteiger partial charge in [0.1, 0.15) is 11.5 Å². The summed E-state index contributed by atoms with van der Waals surface area (Å²) in [4.78, 5) is 0. The van der Waals surface area contributed by atoms with Gasteiger partial charge in [-0.1, -0.05) is 28.9 Å². The topological polar surface area (TPSA) is 18.5 Å². The molecular formula is C14H18BrF3O2. The zero-order chi connectivity index (χ0) is 15.0. The van der Waals surface area contributed by atoms with Crippen molar-refractivity contribution in [2.75, 3.05) is 13.2 Å². The maximum absolute atomic E-state index is 12.0. The lowest BCUT2D eigenvalue weighted by Crippen LogP contribution is -2.10. The number of ether oxygens (including phenoxy) is 2. The molecule has 0 spiro atoms. The molecule has 0 amide bonds. The van der Waals surface area contributed by atoms with Gasteiger partial charge in [-0.05, 0) is 18.9 Å². The van der Waals surface area contributed by atoms with E-state index in [2.05, 4.69) is 15.9 Å². The van der Waals surface area contributed by atoms with Gasteiger partial charge in [0, 0.05) is 23.4 Å². The molecular weight excluding hydrogens is 337 g/mol. The van der Waals surface area contributed by atoms with Gasteiger partial charge in [0.15, 0.2) is 0 Å². The van der Waals surface area contributed by atoms with Gasteiger partial charge in [-0.2, -0.15) is 13.2 Å². The Morgan fingerprint density at radius 1 is 1.15 bits per heavy atom. The molecule has 0 atom stereocenters. The fourth-order valence-corrected chi connectivity index (χ4v) is 2.01. The van der Waals surface area contributed by atoms with Crippen molar-refractivity contribution in [1.82, 2.24) is 0 Å². The fraction of sp³-hybridized carbons (Fsp3) is 0.571. The fourth-order valence-electron chi connectivity index (χ4n) is 1.54. The van der Waals surface area contributed by atoms with Crippen LogP contribution in [-0.2, 0) is 5.33 Å². The van der Waals surface area contributed by atoms with Gasteiger partial charge in [-0.3, -0.25) is 0 Å². The molecule has 1 rings (SSSR count). The van der Waals surface area contributed by atoms with E-state index in [9.17, 15) is 13.2 Å². The minimum Gasteiger partial charge on any atom is -0.493 e. The van der Waals surface area contributed by atoms with E-state index in [1.807, 2.05) is 19.1 Å². The molecule has 0 aromatic heterocycles. The maximum Gasteiger partial charge on any atom is 0.389 e. The van der Waals surface area contributed by atoms with Crippen LogP contribution < -0.4 is 9.47 Å². The Hall–Kier alpha value is -0.910. The van der Waals surface area contributed by atoms with E-state index in [1.54, 1.807) is 6.07 Å². The Bertz CT molecular complexity index is 408. The van der Waals surface area contributed by atoms with Crippen molar-refractivity contribution in [2.24, 2.45) is 0 Å². The molecule has 0 N–H and O–H groups in total. The monoisotopic (exact) mass is 354 g/mol. The Labute approximate surface area is 125 Å². The second-order valence-corrected chi connectivity index (χ2v) is 4.88. The predicted molar refractivity (Wildman–Crippen MR) is 75.6 cm³/mol. The normalized spacial score (nSPS) is 11.4. The van der Waals surface area contributed by atoms with E-state index in [0.29, 0.717) is 23.4 Å². The van der Waals surface area contributed by atoms with Crippen LogP contribution in [0.3, 0.4) is 0 Å². The van der Waals surface area contributed by atoms with Gasteiger partial charge in [-0.15, -0.1) is 0 Å². The predicted octanol–water partition coefficient (Wildman–Crippen LogP) is 5.09. The van der Waals surface area contributed by atoms with Crippen molar-refractivity contribution < 1.29 is 22.6 Å². The quantitative estimate of drug-likeness (QED) is 0.478. The van der Waals surface area contributed by atoms with Crippen molar-refractivity contribution >= 4 is 15.9 Å². The molecule has 20 heavy (non-hydrogen) atoms. The summed E-state index contributed by atoms with van der Waals surface area (Å²) in [5, 5.41) is 0.579. The first kappa shape index (κ1) is 17.1. The number of rotatable bonds is 8. The molecule has 0 fully saturated rings. The molecule has 114 valence electrons. The molecule has 0 aliphatic rings. The number of benzene rings is 1. The van der Waals surface area contributed by atoms with Crippen molar-refractivity contribution in [1.29, 1.82) is 0 Å². The molecule has 0 saturated heterocycles. The highest BCUT2D eigenvalue weighted by Gasteiger charge is 2.26. The largest absolute Gasteiger partial charge is 0.493 e. The minimum atomic E-state index is -4.13. The van der Waals surface area contributed by atoms with Crippen LogP contribution in [0.25, 0.3) is 0 Å². The summed E-state index contributed by atoms with van der Waals surface area (Å²) in [6.45, 7) is 2.64. The molecule has 0 aliphatic carbocycles. The third-order valence-electron chi connectivity index (χ3n) is 2.52. The molecule has 6 heteroatoms. The van der Waals surface area contributed by atoms with E-state index in [-0.39, 0.29) is 13.0 Å². The molecule has 0 heterocycles. The van der Waals surface area contributed by atoms with Gasteiger partial charge in [0.05, 0.1) is 13.2 Å². The van der Waals surface area contributed by atoms with E-state index < -0.39 is 12.6 Å². The highest BCUT2D eigenvalue weighted by Crippen LogP contribution is 2.28. The molecule has 1 aromatic rings. The highest BCUT2D eigenvalue weighted by molar-refractivity contribution is 9.08. The second-order valence-electron chi connectivity index (χ2n) is 4.32. The van der Waals surface area contributed by atoms with Crippen LogP contribution in [-0.4, -0.2) is 19.4 Å². The zero-order valence-corrected chi connectivity index (χ0v) is 12.9. The van der Waals surface area contributed by atoms with Crippen LogP contribution in [0.5, 0.6) is 11.5 Å². The number of hydrogen-bond acceptors (Lipinski definition) is 2. The molecule has 1 aromatic carbocycles. The van der Waals surface area contributed by atoms with Gasteiger partial charge < -0.3 is 9.47 Å². The lowest BCUT2D eigenvalue weighted by atomic mass is 10.2. The van der Waals surface area contributed by atoms with Crippen LogP contribution in [0.15, 0.2) is 18.2 Å². The first-order chi connectivity index (χ1) is 9.46. The molecule has 0 saturated carbocycles. The Kier molecular flexibility index (Phi) is 7.19. The third kappa shape index (κ3) is 6.50. The average Bonchev–Trinajstić information content (AvgIpc) is 2.40. The molecule has 0 radical (unpaired) electrons. The van der Waals surface area contributed by atoms with Crippen molar-refractivity contribution in [2.45, 2.75) is 37.7 Å². The van der Waals surface area contributed by atoms with Crippen LogP contribution in [0.1, 0.15) is 31.7 Å². The summed E-state index contributed by atoms with van der Waals surface area (Å²) in [5.74, 6) is 1.24. The van der Waals surface area contributed by atoms with Crippen molar-refractivity contribution in [3.8, 4) is 11.5 Å². The highest BCUT2D eigenvalue weighted by atomic mass is 79.9. The summed E-state index contributed by atoms with van der Waals surface area (Å²) in [7, 11) is 0. The first-order valence-electron chi connectivity index (χ1n) is 6.47. The maximum atomic E-state index is 12.0. The summed E-state index contributed by atoms with van der Waals surface area (Å²) in [6, 6.07) is 5.40. The van der Waals surface area contributed by atoms with Crippen molar-refractivity contribution in [3.63, 3.8) is 0 Å². The lowest BCUT2D eigenvalue weighted by Gasteiger charge is -2.13. The van der Waals surface area contributed by atoms with Crippen LogP contribution in [0.4, 0.5) is 13.2 Å². The lowest BCUT2D eigenvalue weighted by molar-refractivity contribution is -0.136. The van der Waals surface area contributed by atoms with E-state index in [4.69, 9.17) is 9.47 Å².